The number of hydrogen-bond acceptors (Lipinski definition) is 3. The lowest BCUT2D eigenvalue weighted by molar-refractivity contribution is -0.147. The first-order chi connectivity index (χ1) is 11.1. The highest BCUT2D eigenvalue weighted by atomic mass is 16.5. The molecule has 0 saturated carbocycles. The zero-order chi connectivity index (χ0) is 17.3. The first-order valence-electron chi connectivity index (χ1n) is 9.45. The van der Waals surface area contributed by atoms with Gasteiger partial charge in [-0.25, -0.2) is 0 Å². The number of carboxylic acids is 1. The minimum atomic E-state index is -0.721. The molecule has 136 valence electrons. The second kappa shape index (κ2) is 15.8. The first-order valence-corrected chi connectivity index (χ1v) is 9.45. The van der Waals surface area contributed by atoms with Crippen LogP contribution in [0.4, 0.5) is 0 Å². The molecule has 0 bridgehead atoms. The lowest BCUT2D eigenvalue weighted by Crippen LogP contribution is -2.16. The van der Waals surface area contributed by atoms with E-state index in [0.717, 1.165) is 44.9 Å². The largest absolute Gasteiger partial charge is 0.481 e. The van der Waals surface area contributed by atoms with Crippen molar-refractivity contribution in [3.8, 4) is 0 Å². The summed E-state index contributed by atoms with van der Waals surface area (Å²) in [6.07, 6.45) is 14.8. The van der Waals surface area contributed by atoms with Crippen molar-refractivity contribution in [1.82, 2.24) is 0 Å². The summed E-state index contributed by atoms with van der Waals surface area (Å²) in [6.45, 7) is 3.70. The number of carboxylic acid groups (broad SMARTS) is 1. The van der Waals surface area contributed by atoms with Gasteiger partial charge in [0.25, 0.3) is 0 Å². The fourth-order valence-electron chi connectivity index (χ4n) is 2.83. The third-order valence-electron chi connectivity index (χ3n) is 4.13. The van der Waals surface area contributed by atoms with E-state index in [9.17, 15) is 9.59 Å². The molecule has 1 unspecified atom stereocenters. The molecule has 0 aliphatic rings. The van der Waals surface area contributed by atoms with Gasteiger partial charge in [-0.1, -0.05) is 58.3 Å². The van der Waals surface area contributed by atoms with Gasteiger partial charge in [0.2, 0.25) is 0 Å². The van der Waals surface area contributed by atoms with E-state index in [-0.39, 0.29) is 18.5 Å². The van der Waals surface area contributed by atoms with Crippen LogP contribution in [0.25, 0.3) is 0 Å². The molecule has 0 fully saturated rings. The first kappa shape index (κ1) is 21.9. The maximum atomic E-state index is 11.2. The maximum Gasteiger partial charge on any atom is 0.303 e. The summed E-state index contributed by atoms with van der Waals surface area (Å²) in [4.78, 5) is 21.6. The predicted octanol–water partition coefficient (Wildman–Crippen LogP) is 5.48. The lowest BCUT2D eigenvalue weighted by atomic mass is 10.0. The number of unbranched alkanes of at least 4 members (excludes halogenated alkanes) is 9. The Morgan fingerprint density at radius 1 is 0.826 bits per heavy atom. The Kier molecular flexibility index (Phi) is 15.1. The van der Waals surface area contributed by atoms with Crippen molar-refractivity contribution in [2.45, 2.75) is 110 Å². The van der Waals surface area contributed by atoms with Crippen LogP contribution in [0.5, 0.6) is 0 Å². The number of carbonyl (C=O) groups excluding carboxylic acids is 1. The highest BCUT2D eigenvalue weighted by molar-refractivity contribution is 5.66. The third-order valence-corrected chi connectivity index (χ3v) is 4.13. The van der Waals surface area contributed by atoms with Crippen molar-refractivity contribution in [2.24, 2.45) is 0 Å². The SMILES string of the molecule is CCCCCCCCCC(CCCCCCC(=O)O)OC(C)=O. The van der Waals surface area contributed by atoms with Crippen LogP contribution >= 0.6 is 0 Å². The molecule has 0 spiro atoms. The van der Waals surface area contributed by atoms with Gasteiger partial charge in [0.1, 0.15) is 6.10 Å². The lowest BCUT2D eigenvalue weighted by Gasteiger charge is -2.17. The second-order valence-corrected chi connectivity index (χ2v) is 6.49. The molecule has 1 atom stereocenters. The number of esters is 1. The second-order valence-electron chi connectivity index (χ2n) is 6.49. The van der Waals surface area contributed by atoms with E-state index >= 15 is 0 Å². The molecule has 0 aromatic carbocycles. The van der Waals surface area contributed by atoms with E-state index in [1.807, 2.05) is 0 Å². The zero-order valence-corrected chi connectivity index (χ0v) is 15.1. The summed E-state index contributed by atoms with van der Waals surface area (Å²) in [5.74, 6) is -0.912. The van der Waals surface area contributed by atoms with E-state index in [2.05, 4.69) is 6.92 Å². The number of aliphatic carboxylic acids is 1. The van der Waals surface area contributed by atoms with Crippen molar-refractivity contribution in [2.75, 3.05) is 0 Å². The van der Waals surface area contributed by atoms with Crippen molar-refractivity contribution in [1.29, 1.82) is 0 Å². The van der Waals surface area contributed by atoms with E-state index in [0.29, 0.717) is 0 Å². The van der Waals surface area contributed by atoms with Gasteiger partial charge in [0.05, 0.1) is 0 Å². The van der Waals surface area contributed by atoms with Crippen LogP contribution in [0.3, 0.4) is 0 Å². The molecule has 4 nitrogen and oxygen atoms in total. The summed E-state index contributed by atoms with van der Waals surface area (Å²) in [5, 5.41) is 8.59. The zero-order valence-electron chi connectivity index (χ0n) is 15.1. The Morgan fingerprint density at radius 2 is 1.30 bits per heavy atom. The van der Waals surface area contributed by atoms with Crippen molar-refractivity contribution < 1.29 is 19.4 Å². The van der Waals surface area contributed by atoms with Gasteiger partial charge < -0.3 is 9.84 Å². The van der Waals surface area contributed by atoms with Gasteiger partial charge in [0, 0.05) is 13.3 Å². The van der Waals surface area contributed by atoms with Gasteiger partial charge in [-0.05, 0) is 32.1 Å². The smallest absolute Gasteiger partial charge is 0.303 e. The van der Waals surface area contributed by atoms with Crippen LogP contribution in [0.2, 0.25) is 0 Å². The monoisotopic (exact) mass is 328 g/mol. The fourth-order valence-corrected chi connectivity index (χ4v) is 2.83. The van der Waals surface area contributed by atoms with Gasteiger partial charge in [-0.15, -0.1) is 0 Å². The Balaban J connectivity index is 3.68. The molecule has 0 amide bonds. The molecule has 0 aliphatic carbocycles. The van der Waals surface area contributed by atoms with Gasteiger partial charge in [0.15, 0.2) is 0 Å². The molecule has 0 rings (SSSR count). The minimum absolute atomic E-state index is 0.0441. The number of ether oxygens (including phenoxy) is 1. The quantitative estimate of drug-likeness (QED) is 0.301. The van der Waals surface area contributed by atoms with Crippen molar-refractivity contribution in [3.63, 3.8) is 0 Å². The Hall–Kier alpha value is -1.06. The highest BCUT2D eigenvalue weighted by Gasteiger charge is 2.11. The Bertz CT molecular complexity index is 302. The summed E-state index contributed by atoms with van der Waals surface area (Å²) < 4.78 is 5.41. The Labute approximate surface area is 142 Å². The van der Waals surface area contributed by atoms with E-state index < -0.39 is 5.97 Å². The molecule has 0 aromatic heterocycles. The molecule has 0 heterocycles. The summed E-state index contributed by atoms with van der Waals surface area (Å²) in [7, 11) is 0. The maximum absolute atomic E-state index is 11.2. The van der Waals surface area contributed by atoms with Crippen LogP contribution in [0.1, 0.15) is 104 Å². The van der Waals surface area contributed by atoms with E-state index in [4.69, 9.17) is 9.84 Å². The molecule has 4 heteroatoms. The highest BCUT2D eigenvalue weighted by Crippen LogP contribution is 2.16. The van der Waals surface area contributed by atoms with Crippen LogP contribution < -0.4 is 0 Å². The van der Waals surface area contributed by atoms with Crippen molar-refractivity contribution in [3.05, 3.63) is 0 Å². The average Bonchev–Trinajstić information content (AvgIpc) is 2.48. The summed E-state index contributed by atoms with van der Waals surface area (Å²) in [6, 6.07) is 0. The van der Waals surface area contributed by atoms with Crippen LogP contribution in [0, 0.1) is 0 Å². The van der Waals surface area contributed by atoms with Gasteiger partial charge in [-0.3, -0.25) is 9.59 Å². The number of rotatable bonds is 16. The van der Waals surface area contributed by atoms with Crippen LogP contribution in [0.15, 0.2) is 0 Å². The minimum Gasteiger partial charge on any atom is -0.481 e. The van der Waals surface area contributed by atoms with Gasteiger partial charge >= 0.3 is 11.9 Å². The molecule has 0 aromatic rings. The standard InChI is InChI=1S/C19H36O4/c1-3-4-5-6-7-8-11-14-18(23-17(2)20)15-12-9-10-13-16-19(21)22/h18H,3-16H2,1-2H3,(H,21,22). The van der Waals surface area contributed by atoms with Gasteiger partial charge in [-0.2, -0.15) is 0 Å². The predicted molar refractivity (Wildman–Crippen MR) is 93.5 cm³/mol. The molecule has 0 radical (unpaired) electrons. The molecule has 0 saturated heterocycles. The van der Waals surface area contributed by atoms with Crippen LogP contribution in [-0.4, -0.2) is 23.1 Å². The van der Waals surface area contributed by atoms with Crippen molar-refractivity contribution >= 4 is 11.9 Å². The molecular weight excluding hydrogens is 292 g/mol. The summed E-state index contributed by atoms with van der Waals surface area (Å²) >= 11 is 0. The molecule has 0 aliphatic heterocycles. The number of hydrogen-bond donors (Lipinski definition) is 1. The molecular formula is C19H36O4. The average molecular weight is 328 g/mol. The van der Waals surface area contributed by atoms with Crippen LogP contribution in [-0.2, 0) is 14.3 Å². The fraction of sp³-hybridized carbons (Fsp3) is 0.895. The third kappa shape index (κ3) is 17.1. The normalized spacial score (nSPS) is 12.1. The topological polar surface area (TPSA) is 63.6 Å². The molecule has 1 N–H and O–H groups in total. The number of carbonyl (C=O) groups is 2. The molecule has 23 heavy (non-hydrogen) atoms. The summed E-state index contributed by atoms with van der Waals surface area (Å²) in [5.41, 5.74) is 0. The van der Waals surface area contributed by atoms with E-state index in [1.54, 1.807) is 0 Å². The Morgan fingerprint density at radius 3 is 1.78 bits per heavy atom. The van der Waals surface area contributed by atoms with E-state index in [1.165, 1.54) is 45.4 Å².